The first kappa shape index (κ1) is 14.2. The van der Waals surface area contributed by atoms with Gasteiger partial charge < -0.3 is 14.8 Å². The Hall–Kier alpha value is -0.780. The Labute approximate surface area is 126 Å². The topological polar surface area (TPSA) is 35.2 Å². The van der Waals surface area contributed by atoms with Crippen molar-refractivity contribution in [2.24, 2.45) is 0 Å². The number of likely N-dealkylation sites (N-methyl/N-ethyl adjacent to an activating group) is 2. The van der Waals surface area contributed by atoms with Crippen molar-refractivity contribution in [3.05, 3.63) is 21.7 Å². The number of fused-ring (bicyclic) bond motifs is 1. The van der Waals surface area contributed by atoms with Gasteiger partial charge in [-0.25, -0.2) is 4.98 Å². The van der Waals surface area contributed by atoms with Crippen LogP contribution in [0.3, 0.4) is 0 Å². The van der Waals surface area contributed by atoms with E-state index in [0.717, 1.165) is 49.4 Å². The van der Waals surface area contributed by atoms with Crippen LogP contribution in [0, 0.1) is 4.64 Å². The highest BCUT2D eigenvalue weighted by molar-refractivity contribution is 7.71. The van der Waals surface area contributed by atoms with E-state index < -0.39 is 0 Å². The lowest BCUT2D eigenvalue weighted by atomic mass is 9.97. The number of piperazine rings is 1. The molecule has 5 heteroatoms. The fourth-order valence-corrected chi connectivity index (χ4v) is 3.65. The number of hydrogen-bond acceptors (Lipinski definition) is 4. The molecule has 1 aromatic heterocycles. The average molecular weight is 292 g/mol. The van der Waals surface area contributed by atoms with E-state index in [1.165, 1.54) is 24.1 Å². The molecule has 0 radical (unpaired) electrons. The van der Waals surface area contributed by atoms with Gasteiger partial charge in [0.05, 0.1) is 0 Å². The maximum absolute atomic E-state index is 5.49. The Balaban J connectivity index is 1.80. The van der Waals surface area contributed by atoms with E-state index in [0.29, 0.717) is 6.04 Å². The standard InChI is InChI=1S/C15H24N4S/c1-18-7-8-19(2)11(10-18)9-14-16-13-6-4-3-5-12(13)15(20)17-14/h11H,3-10H2,1-2H3,(H,16,17,20). The summed E-state index contributed by atoms with van der Waals surface area (Å²) in [5.41, 5.74) is 2.64. The molecule has 2 heterocycles. The van der Waals surface area contributed by atoms with Gasteiger partial charge >= 0.3 is 0 Å². The molecule has 2 aliphatic rings. The number of aromatic amines is 1. The van der Waals surface area contributed by atoms with Crippen molar-refractivity contribution in [1.82, 2.24) is 19.8 Å². The number of H-pyrrole nitrogens is 1. The fourth-order valence-electron chi connectivity index (χ4n) is 3.31. The summed E-state index contributed by atoms with van der Waals surface area (Å²) >= 11 is 5.49. The van der Waals surface area contributed by atoms with Crippen molar-refractivity contribution in [3.8, 4) is 0 Å². The summed E-state index contributed by atoms with van der Waals surface area (Å²) in [6.07, 6.45) is 5.73. The molecule has 20 heavy (non-hydrogen) atoms. The molecule has 0 amide bonds. The summed E-state index contributed by atoms with van der Waals surface area (Å²) in [5, 5.41) is 0. The molecule has 1 fully saturated rings. The third-order valence-electron chi connectivity index (χ3n) is 4.67. The second-order valence-corrected chi connectivity index (χ2v) is 6.64. The molecule has 1 N–H and O–H groups in total. The number of nitrogens with one attached hydrogen (secondary N) is 1. The van der Waals surface area contributed by atoms with Gasteiger partial charge in [0.2, 0.25) is 0 Å². The molecule has 0 bridgehead atoms. The first-order chi connectivity index (χ1) is 9.63. The summed E-state index contributed by atoms with van der Waals surface area (Å²) in [6, 6.07) is 0.536. The number of aryl methyl sites for hydroxylation is 1. The quantitative estimate of drug-likeness (QED) is 0.843. The molecule has 1 unspecified atom stereocenters. The zero-order valence-electron chi connectivity index (χ0n) is 12.5. The van der Waals surface area contributed by atoms with Crippen LogP contribution in [0.4, 0.5) is 0 Å². The molecule has 1 saturated heterocycles. The predicted molar refractivity (Wildman–Crippen MR) is 83.7 cm³/mol. The average Bonchev–Trinajstić information content (AvgIpc) is 2.43. The highest BCUT2D eigenvalue weighted by Crippen LogP contribution is 2.20. The lowest BCUT2D eigenvalue weighted by molar-refractivity contribution is 0.113. The van der Waals surface area contributed by atoms with Gasteiger partial charge in [-0.1, -0.05) is 12.2 Å². The normalized spacial score (nSPS) is 24.6. The van der Waals surface area contributed by atoms with Crippen molar-refractivity contribution in [2.75, 3.05) is 33.7 Å². The predicted octanol–water partition coefficient (Wildman–Crippen LogP) is 1.81. The second-order valence-electron chi connectivity index (χ2n) is 6.25. The third kappa shape index (κ3) is 2.95. The number of nitrogens with zero attached hydrogens (tertiary/aromatic N) is 3. The Bertz CT molecular complexity index is 539. The van der Waals surface area contributed by atoms with E-state index >= 15 is 0 Å². The molecular weight excluding hydrogens is 268 g/mol. The molecule has 1 atom stereocenters. The van der Waals surface area contributed by atoms with Gasteiger partial charge in [-0.3, -0.25) is 0 Å². The van der Waals surface area contributed by atoms with E-state index in [1.807, 2.05) is 0 Å². The zero-order chi connectivity index (χ0) is 14.1. The minimum atomic E-state index is 0.536. The Kier molecular flexibility index (Phi) is 4.19. The van der Waals surface area contributed by atoms with E-state index in [-0.39, 0.29) is 0 Å². The van der Waals surface area contributed by atoms with Gasteiger partial charge in [0.1, 0.15) is 10.5 Å². The van der Waals surface area contributed by atoms with Gasteiger partial charge in [0.25, 0.3) is 0 Å². The van der Waals surface area contributed by atoms with Crippen LogP contribution in [-0.2, 0) is 19.3 Å². The molecule has 1 aliphatic heterocycles. The van der Waals surface area contributed by atoms with Crippen molar-refractivity contribution < 1.29 is 0 Å². The molecule has 4 nitrogen and oxygen atoms in total. The lowest BCUT2D eigenvalue weighted by Crippen LogP contribution is -2.51. The van der Waals surface area contributed by atoms with Crippen molar-refractivity contribution in [2.45, 2.75) is 38.1 Å². The van der Waals surface area contributed by atoms with Crippen LogP contribution in [0.1, 0.15) is 29.9 Å². The first-order valence-corrected chi connectivity index (χ1v) is 8.04. The molecule has 110 valence electrons. The summed E-state index contributed by atoms with van der Waals surface area (Å²) in [7, 11) is 4.41. The summed E-state index contributed by atoms with van der Waals surface area (Å²) in [5.74, 6) is 1.07. The SMILES string of the molecule is CN1CCN(C)C(Cc2nc(=S)c3c([nH]2)CCCC3)C1. The van der Waals surface area contributed by atoms with Gasteiger partial charge in [-0.15, -0.1) is 0 Å². The molecular formula is C15H24N4S. The molecule has 1 aliphatic carbocycles. The molecule has 0 aromatic carbocycles. The zero-order valence-corrected chi connectivity index (χ0v) is 13.3. The monoisotopic (exact) mass is 292 g/mol. The third-order valence-corrected chi connectivity index (χ3v) is 5.00. The molecule has 3 rings (SSSR count). The number of aromatic nitrogens is 2. The van der Waals surface area contributed by atoms with E-state index in [2.05, 4.69) is 33.9 Å². The van der Waals surface area contributed by atoms with Crippen LogP contribution in [0.2, 0.25) is 0 Å². The summed E-state index contributed by atoms with van der Waals surface area (Å²) in [6.45, 7) is 3.39. The van der Waals surface area contributed by atoms with Crippen molar-refractivity contribution in [1.29, 1.82) is 0 Å². The minimum Gasteiger partial charge on any atom is -0.347 e. The van der Waals surface area contributed by atoms with Crippen LogP contribution in [0.15, 0.2) is 0 Å². The number of rotatable bonds is 2. The first-order valence-electron chi connectivity index (χ1n) is 7.63. The van der Waals surface area contributed by atoms with Gasteiger partial charge in [-0.2, -0.15) is 0 Å². The van der Waals surface area contributed by atoms with Gasteiger partial charge in [0, 0.05) is 43.4 Å². The van der Waals surface area contributed by atoms with E-state index in [4.69, 9.17) is 12.2 Å². The summed E-state index contributed by atoms with van der Waals surface area (Å²) in [4.78, 5) is 13.1. The van der Waals surface area contributed by atoms with Crippen LogP contribution < -0.4 is 0 Å². The smallest absolute Gasteiger partial charge is 0.133 e. The second kappa shape index (κ2) is 5.92. The van der Waals surface area contributed by atoms with Crippen LogP contribution in [-0.4, -0.2) is 59.5 Å². The molecule has 0 spiro atoms. The largest absolute Gasteiger partial charge is 0.347 e. The maximum atomic E-state index is 5.49. The Morgan fingerprint density at radius 3 is 2.90 bits per heavy atom. The Morgan fingerprint density at radius 2 is 2.05 bits per heavy atom. The van der Waals surface area contributed by atoms with Crippen LogP contribution in [0.5, 0.6) is 0 Å². The number of hydrogen-bond donors (Lipinski definition) is 1. The fraction of sp³-hybridized carbons (Fsp3) is 0.733. The molecule has 0 saturated carbocycles. The summed E-state index contributed by atoms with van der Waals surface area (Å²) < 4.78 is 0.834. The van der Waals surface area contributed by atoms with Gasteiger partial charge in [-0.05, 0) is 39.8 Å². The van der Waals surface area contributed by atoms with E-state index in [9.17, 15) is 0 Å². The van der Waals surface area contributed by atoms with Gasteiger partial charge in [0.15, 0.2) is 0 Å². The van der Waals surface area contributed by atoms with Crippen molar-refractivity contribution in [3.63, 3.8) is 0 Å². The van der Waals surface area contributed by atoms with Crippen LogP contribution >= 0.6 is 12.2 Å². The van der Waals surface area contributed by atoms with Crippen LogP contribution in [0.25, 0.3) is 0 Å². The maximum Gasteiger partial charge on any atom is 0.133 e. The minimum absolute atomic E-state index is 0.536. The van der Waals surface area contributed by atoms with E-state index in [1.54, 1.807) is 0 Å². The Morgan fingerprint density at radius 1 is 1.25 bits per heavy atom. The highest BCUT2D eigenvalue weighted by atomic mass is 32.1. The van der Waals surface area contributed by atoms with Crippen molar-refractivity contribution >= 4 is 12.2 Å². The lowest BCUT2D eigenvalue weighted by Gasteiger charge is -2.37. The highest BCUT2D eigenvalue weighted by Gasteiger charge is 2.23. The molecule has 1 aromatic rings.